The molecule has 1 saturated heterocycles. The van der Waals surface area contributed by atoms with Crippen molar-refractivity contribution in [2.24, 2.45) is 0 Å². The fraction of sp³-hybridized carbons (Fsp3) is 0.500. The van der Waals surface area contributed by atoms with Gasteiger partial charge in [-0.15, -0.1) is 0 Å². The van der Waals surface area contributed by atoms with Crippen molar-refractivity contribution in [1.29, 1.82) is 0 Å². The Labute approximate surface area is 167 Å². The Kier molecular flexibility index (Phi) is 4.51. The highest BCUT2D eigenvalue weighted by Gasteiger charge is 2.30. The zero-order valence-electron chi connectivity index (χ0n) is 17.2. The maximum atomic E-state index is 7.55. The van der Waals surface area contributed by atoms with E-state index in [2.05, 4.69) is 48.7 Å². The van der Waals surface area contributed by atoms with E-state index in [1.165, 1.54) is 12.8 Å². The molecule has 0 spiro atoms. The Morgan fingerprint density at radius 1 is 0.964 bits per heavy atom. The van der Waals surface area contributed by atoms with Crippen LogP contribution < -0.4 is 0 Å². The van der Waals surface area contributed by atoms with Crippen molar-refractivity contribution < 1.29 is 1.37 Å². The predicted octanol–water partition coefficient (Wildman–Crippen LogP) is 3.22. The predicted molar refractivity (Wildman–Crippen MR) is 111 cm³/mol. The summed E-state index contributed by atoms with van der Waals surface area (Å²) in [6.07, 6.45) is 8.21. The van der Waals surface area contributed by atoms with E-state index in [1.807, 2.05) is 12.3 Å². The quantitative estimate of drug-likeness (QED) is 0.701. The van der Waals surface area contributed by atoms with Crippen LogP contribution in [0, 0.1) is 0 Å². The number of hydrogen-bond acceptors (Lipinski definition) is 5. The highest BCUT2D eigenvalue weighted by Crippen LogP contribution is 2.35. The van der Waals surface area contributed by atoms with Crippen LogP contribution in [0.4, 0.5) is 0 Å². The molecule has 6 nitrogen and oxygen atoms in total. The molecule has 0 radical (unpaired) electrons. The van der Waals surface area contributed by atoms with Crippen LogP contribution in [0.2, 0.25) is 0 Å². The van der Waals surface area contributed by atoms with Crippen molar-refractivity contribution in [2.75, 3.05) is 33.2 Å². The zero-order valence-corrected chi connectivity index (χ0v) is 16.2. The Morgan fingerprint density at radius 3 is 2.46 bits per heavy atom. The summed E-state index contributed by atoms with van der Waals surface area (Å²) >= 11 is 0. The monoisotopic (exact) mass is 377 g/mol. The first kappa shape index (κ1) is 16.6. The minimum absolute atomic E-state index is 0.399. The molecule has 2 fully saturated rings. The summed E-state index contributed by atoms with van der Waals surface area (Å²) in [6.45, 7) is 4.27. The Hall–Kier alpha value is -2.31. The summed E-state index contributed by atoms with van der Waals surface area (Å²) in [5, 5.41) is 6.05. The number of nitrogens with zero attached hydrogens (tertiary/aromatic N) is 6. The van der Waals surface area contributed by atoms with E-state index < -0.39 is 0 Å². The highest BCUT2D eigenvalue weighted by atomic mass is 15.3. The lowest BCUT2D eigenvalue weighted by Gasteiger charge is -2.41. The van der Waals surface area contributed by atoms with E-state index >= 15 is 0 Å². The Morgan fingerprint density at radius 2 is 1.71 bits per heavy atom. The Bertz CT molecular complexity index is 942. The van der Waals surface area contributed by atoms with Crippen LogP contribution in [0.3, 0.4) is 0 Å². The number of aromatic nitrogens is 4. The van der Waals surface area contributed by atoms with Gasteiger partial charge in [0.25, 0.3) is 0 Å². The van der Waals surface area contributed by atoms with Gasteiger partial charge in [-0.1, -0.05) is 30.3 Å². The molecule has 0 amide bonds. The number of hydrogen-bond donors (Lipinski definition) is 0. The van der Waals surface area contributed by atoms with Gasteiger partial charge >= 0.3 is 0 Å². The van der Waals surface area contributed by atoms with Gasteiger partial charge in [0.1, 0.15) is 12.0 Å². The molecule has 0 unspecified atom stereocenters. The van der Waals surface area contributed by atoms with E-state index in [4.69, 9.17) is 6.47 Å². The van der Waals surface area contributed by atoms with Crippen molar-refractivity contribution in [2.45, 2.75) is 37.8 Å². The molecule has 3 aromatic rings. The molecular weight excluding hydrogens is 348 g/mol. The molecule has 1 aliphatic carbocycles. The minimum atomic E-state index is 0.399. The molecule has 2 aromatic heterocycles. The fourth-order valence-corrected chi connectivity index (χ4v) is 4.74. The standard InChI is InChI=1S/C22H28N6/c1-26-11-13-27(14-12-26)18-7-9-19(10-8-18)28-22-20(15-23-16-24-22)21(25-28)17-5-3-2-4-6-17/h2-6,15-16,18-19H,7-14H2,1H3/i1D. The second-order valence-electron chi connectivity index (χ2n) is 8.04. The molecule has 1 aliphatic heterocycles. The van der Waals surface area contributed by atoms with Crippen LogP contribution in [0.15, 0.2) is 42.9 Å². The van der Waals surface area contributed by atoms with Gasteiger partial charge in [-0.3, -0.25) is 4.90 Å². The highest BCUT2D eigenvalue weighted by molar-refractivity contribution is 5.90. The van der Waals surface area contributed by atoms with Crippen molar-refractivity contribution in [3.8, 4) is 11.3 Å². The molecule has 3 heterocycles. The lowest BCUT2D eigenvalue weighted by molar-refractivity contribution is 0.0815. The Balaban J connectivity index is 1.34. The maximum Gasteiger partial charge on any atom is 0.162 e. The number of likely N-dealkylation sites (N-methyl/N-ethyl adjacent to an activating group) is 1. The third-order valence-electron chi connectivity index (χ3n) is 6.35. The third-order valence-corrected chi connectivity index (χ3v) is 6.35. The average molecular weight is 378 g/mol. The van der Waals surface area contributed by atoms with E-state index in [0.717, 1.165) is 61.3 Å². The van der Waals surface area contributed by atoms with Gasteiger partial charge in [0.2, 0.25) is 0 Å². The van der Waals surface area contributed by atoms with Crippen molar-refractivity contribution in [3.63, 3.8) is 0 Å². The molecule has 0 bridgehead atoms. The van der Waals surface area contributed by atoms with Crippen LogP contribution >= 0.6 is 0 Å². The van der Waals surface area contributed by atoms with Gasteiger partial charge in [-0.2, -0.15) is 5.10 Å². The topological polar surface area (TPSA) is 50.1 Å². The summed E-state index contributed by atoms with van der Waals surface area (Å²) in [7, 11) is 0.429. The van der Waals surface area contributed by atoms with E-state index in [-0.39, 0.29) is 0 Å². The summed E-state index contributed by atoms with van der Waals surface area (Å²) < 4.78 is 9.71. The average Bonchev–Trinajstić information content (AvgIpc) is 3.20. The SMILES string of the molecule is [2H]CN1CCN(C2CCC(n3nc(-c4ccccc4)c4cncnc43)CC2)CC1. The van der Waals surface area contributed by atoms with Crippen LogP contribution in [0.5, 0.6) is 0 Å². The van der Waals surface area contributed by atoms with E-state index in [1.54, 1.807) is 6.33 Å². The summed E-state index contributed by atoms with van der Waals surface area (Å²) in [4.78, 5) is 13.7. The molecule has 0 atom stereocenters. The van der Waals surface area contributed by atoms with Gasteiger partial charge < -0.3 is 4.90 Å². The molecule has 28 heavy (non-hydrogen) atoms. The summed E-state index contributed by atoms with van der Waals surface area (Å²) in [5.41, 5.74) is 3.05. The first-order chi connectivity index (χ1) is 14.3. The van der Waals surface area contributed by atoms with Gasteiger partial charge in [0, 0.05) is 45.4 Å². The van der Waals surface area contributed by atoms with Crippen molar-refractivity contribution in [3.05, 3.63) is 42.9 Å². The molecular formula is C22H28N6. The molecule has 1 aromatic carbocycles. The summed E-state index contributed by atoms with van der Waals surface area (Å²) in [5.74, 6) is 0. The second kappa shape index (κ2) is 7.60. The van der Waals surface area contributed by atoms with Gasteiger partial charge in [-0.05, 0) is 32.7 Å². The summed E-state index contributed by atoms with van der Waals surface area (Å²) in [6, 6.07) is 11.4. The van der Waals surface area contributed by atoms with E-state index in [0.29, 0.717) is 19.1 Å². The van der Waals surface area contributed by atoms with Gasteiger partial charge in [0.05, 0.1) is 11.4 Å². The lowest BCUT2D eigenvalue weighted by atomic mass is 9.90. The van der Waals surface area contributed by atoms with Crippen LogP contribution in [-0.4, -0.2) is 68.8 Å². The molecule has 1 saturated carbocycles. The first-order valence-corrected chi connectivity index (χ1v) is 10.3. The van der Waals surface area contributed by atoms with E-state index in [9.17, 15) is 0 Å². The minimum Gasteiger partial charge on any atom is -0.304 e. The third kappa shape index (κ3) is 3.31. The fourth-order valence-electron chi connectivity index (χ4n) is 4.74. The van der Waals surface area contributed by atoms with Crippen LogP contribution in [0.1, 0.15) is 33.1 Å². The second-order valence-corrected chi connectivity index (χ2v) is 8.04. The molecule has 146 valence electrons. The number of rotatable bonds is 3. The zero-order chi connectivity index (χ0) is 19.6. The number of fused-ring (bicyclic) bond motifs is 1. The first-order valence-electron chi connectivity index (χ1n) is 11.0. The van der Waals surface area contributed by atoms with Crippen LogP contribution in [-0.2, 0) is 0 Å². The molecule has 6 heteroatoms. The molecule has 2 aliphatic rings. The number of benzene rings is 1. The van der Waals surface area contributed by atoms with Crippen molar-refractivity contribution in [1.82, 2.24) is 29.5 Å². The maximum absolute atomic E-state index is 7.55. The van der Waals surface area contributed by atoms with Gasteiger partial charge in [-0.25, -0.2) is 14.6 Å². The smallest absolute Gasteiger partial charge is 0.162 e. The van der Waals surface area contributed by atoms with Crippen LogP contribution in [0.25, 0.3) is 22.3 Å². The molecule has 5 rings (SSSR count). The molecule has 0 N–H and O–H groups in total. The van der Waals surface area contributed by atoms with Crippen molar-refractivity contribution >= 4 is 11.0 Å². The lowest BCUT2D eigenvalue weighted by Crippen LogP contribution is -2.49. The van der Waals surface area contributed by atoms with Gasteiger partial charge in [0.15, 0.2) is 5.65 Å². The number of piperazine rings is 1. The normalized spacial score (nSPS) is 25.1. The largest absolute Gasteiger partial charge is 0.304 e.